The number of nitrogens with zero attached hydrogens (tertiary/aromatic N) is 2. The van der Waals surface area contributed by atoms with E-state index in [1.54, 1.807) is 23.1 Å². The van der Waals surface area contributed by atoms with Crippen LogP contribution in [0, 0.1) is 0 Å². The standard InChI is InChI=1S/C13H12N4S2/c1-2-12(18-7-1)8-14-10-3-5-11(6-4-10)19-13-15-9-16-17-13/h1-7,9,14H,8H2,(H,15,16,17). The average molecular weight is 288 g/mol. The highest BCUT2D eigenvalue weighted by Crippen LogP contribution is 2.25. The maximum Gasteiger partial charge on any atom is 0.188 e. The number of hydrogen-bond donors (Lipinski definition) is 2. The van der Waals surface area contributed by atoms with Crippen molar-refractivity contribution in [3.63, 3.8) is 0 Å². The Bertz CT molecular complexity index is 603. The average Bonchev–Trinajstić information content (AvgIpc) is 3.11. The summed E-state index contributed by atoms with van der Waals surface area (Å²) >= 11 is 3.33. The van der Waals surface area contributed by atoms with Gasteiger partial charge in [-0.25, -0.2) is 4.98 Å². The Labute approximate surface area is 119 Å². The Balaban J connectivity index is 1.59. The summed E-state index contributed by atoms with van der Waals surface area (Å²) in [5, 5.41) is 13.0. The zero-order valence-electron chi connectivity index (χ0n) is 10.0. The van der Waals surface area contributed by atoms with E-state index in [0.717, 1.165) is 22.3 Å². The first-order chi connectivity index (χ1) is 9.40. The fourth-order valence-corrected chi connectivity index (χ4v) is 2.94. The van der Waals surface area contributed by atoms with Crippen LogP contribution in [0.1, 0.15) is 4.88 Å². The third kappa shape index (κ3) is 3.36. The lowest BCUT2D eigenvalue weighted by atomic mass is 10.3. The summed E-state index contributed by atoms with van der Waals surface area (Å²) in [4.78, 5) is 6.56. The molecule has 3 aromatic rings. The number of thiophene rings is 1. The van der Waals surface area contributed by atoms with Gasteiger partial charge >= 0.3 is 0 Å². The van der Waals surface area contributed by atoms with Crippen molar-refractivity contribution < 1.29 is 0 Å². The van der Waals surface area contributed by atoms with Crippen molar-refractivity contribution in [2.24, 2.45) is 0 Å². The van der Waals surface area contributed by atoms with E-state index in [0.29, 0.717) is 0 Å². The second-order valence-electron chi connectivity index (χ2n) is 3.85. The minimum absolute atomic E-state index is 0.805. The van der Waals surface area contributed by atoms with Crippen LogP contribution in [0.15, 0.2) is 58.2 Å². The van der Waals surface area contributed by atoms with Gasteiger partial charge in [-0.05, 0) is 35.7 Å². The first-order valence-corrected chi connectivity index (χ1v) is 7.49. The normalized spacial score (nSPS) is 10.5. The van der Waals surface area contributed by atoms with Gasteiger partial charge in [-0.2, -0.15) is 5.10 Å². The number of anilines is 1. The van der Waals surface area contributed by atoms with Gasteiger partial charge in [-0.1, -0.05) is 17.8 Å². The van der Waals surface area contributed by atoms with Crippen molar-refractivity contribution >= 4 is 28.8 Å². The summed E-state index contributed by atoms with van der Waals surface area (Å²) in [6.07, 6.45) is 1.51. The predicted octanol–water partition coefficient (Wildman–Crippen LogP) is 3.63. The molecule has 19 heavy (non-hydrogen) atoms. The number of nitrogens with one attached hydrogen (secondary N) is 2. The van der Waals surface area contributed by atoms with Crippen molar-refractivity contribution in [1.29, 1.82) is 0 Å². The molecule has 0 radical (unpaired) electrons. The van der Waals surface area contributed by atoms with Crippen LogP contribution in [0.5, 0.6) is 0 Å². The number of aromatic amines is 1. The van der Waals surface area contributed by atoms with E-state index in [1.807, 2.05) is 0 Å². The zero-order chi connectivity index (χ0) is 12.9. The minimum atomic E-state index is 0.805. The van der Waals surface area contributed by atoms with Crippen LogP contribution in [0.3, 0.4) is 0 Å². The van der Waals surface area contributed by atoms with Crippen LogP contribution in [0.4, 0.5) is 5.69 Å². The molecule has 0 aliphatic heterocycles. The molecule has 96 valence electrons. The van der Waals surface area contributed by atoms with Crippen molar-refractivity contribution in [3.8, 4) is 0 Å². The summed E-state index contributed by atoms with van der Waals surface area (Å²) in [5.41, 5.74) is 1.12. The summed E-state index contributed by atoms with van der Waals surface area (Å²) < 4.78 is 0. The molecule has 1 aromatic carbocycles. The molecule has 0 unspecified atom stereocenters. The molecule has 0 saturated heterocycles. The predicted molar refractivity (Wildman–Crippen MR) is 78.6 cm³/mol. The monoisotopic (exact) mass is 288 g/mol. The molecule has 2 heterocycles. The fraction of sp³-hybridized carbons (Fsp3) is 0.0769. The number of rotatable bonds is 5. The number of aromatic nitrogens is 3. The van der Waals surface area contributed by atoms with Crippen molar-refractivity contribution in [1.82, 2.24) is 15.2 Å². The van der Waals surface area contributed by atoms with Crippen LogP contribution < -0.4 is 5.32 Å². The molecular formula is C13H12N4S2. The van der Waals surface area contributed by atoms with E-state index in [1.165, 1.54) is 11.2 Å². The SMILES string of the molecule is c1csc(CNc2ccc(Sc3ncn[nH]3)cc2)c1. The summed E-state index contributed by atoms with van der Waals surface area (Å²) in [6, 6.07) is 12.5. The van der Waals surface area contributed by atoms with Crippen molar-refractivity contribution in [2.45, 2.75) is 16.6 Å². The van der Waals surface area contributed by atoms with Crippen LogP contribution >= 0.6 is 23.1 Å². The maximum atomic E-state index is 4.09. The Morgan fingerprint density at radius 2 is 2.11 bits per heavy atom. The molecule has 0 aliphatic rings. The topological polar surface area (TPSA) is 53.6 Å². The Hall–Kier alpha value is -1.79. The Morgan fingerprint density at radius 1 is 1.21 bits per heavy atom. The molecule has 0 saturated carbocycles. The molecule has 6 heteroatoms. The molecule has 2 N–H and O–H groups in total. The van der Waals surface area contributed by atoms with Gasteiger partial charge in [0.05, 0.1) is 0 Å². The van der Waals surface area contributed by atoms with Gasteiger partial charge in [0.15, 0.2) is 5.16 Å². The smallest absolute Gasteiger partial charge is 0.188 e. The summed E-state index contributed by atoms with van der Waals surface area (Å²) in [5.74, 6) is 0. The highest BCUT2D eigenvalue weighted by atomic mass is 32.2. The largest absolute Gasteiger partial charge is 0.380 e. The number of benzene rings is 1. The first-order valence-electron chi connectivity index (χ1n) is 5.80. The molecule has 0 amide bonds. The van der Waals surface area contributed by atoms with Crippen LogP contribution in [0.25, 0.3) is 0 Å². The van der Waals surface area contributed by atoms with Crippen LogP contribution in [-0.4, -0.2) is 15.2 Å². The van der Waals surface area contributed by atoms with Gasteiger partial charge in [0.1, 0.15) is 6.33 Å². The van der Waals surface area contributed by atoms with E-state index in [2.05, 4.69) is 62.3 Å². The number of hydrogen-bond acceptors (Lipinski definition) is 5. The second-order valence-corrected chi connectivity index (χ2v) is 5.94. The molecule has 0 bridgehead atoms. The van der Waals surface area contributed by atoms with Gasteiger partial charge < -0.3 is 5.32 Å². The minimum Gasteiger partial charge on any atom is -0.380 e. The van der Waals surface area contributed by atoms with Gasteiger partial charge in [-0.3, -0.25) is 5.10 Å². The molecule has 0 spiro atoms. The van der Waals surface area contributed by atoms with E-state index in [4.69, 9.17) is 0 Å². The Kier molecular flexibility index (Phi) is 3.81. The quantitative estimate of drug-likeness (QED) is 0.753. The van der Waals surface area contributed by atoms with Gasteiger partial charge in [-0.15, -0.1) is 11.3 Å². The molecule has 4 nitrogen and oxygen atoms in total. The maximum absolute atomic E-state index is 4.09. The first kappa shape index (κ1) is 12.3. The third-order valence-corrected chi connectivity index (χ3v) is 4.28. The second kappa shape index (κ2) is 5.90. The zero-order valence-corrected chi connectivity index (χ0v) is 11.7. The lowest BCUT2D eigenvalue weighted by molar-refractivity contribution is 0.973. The number of H-pyrrole nitrogens is 1. The molecule has 0 fully saturated rings. The molecular weight excluding hydrogens is 276 g/mol. The van der Waals surface area contributed by atoms with Crippen molar-refractivity contribution in [2.75, 3.05) is 5.32 Å². The van der Waals surface area contributed by atoms with Gasteiger partial charge in [0.2, 0.25) is 0 Å². The molecule has 2 aromatic heterocycles. The molecule has 0 aliphatic carbocycles. The summed E-state index contributed by atoms with van der Waals surface area (Å²) in [7, 11) is 0. The van der Waals surface area contributed by atoms with E-state index in [-0.39, 0.29) is 0 Å². The highest BCUT2D eigenvalue weighted by Gasteiger charge is 2.00. The van der Waals surface area contributed by atoms with Crippen molar-refractivity contribution in [3.05, 3.63) is 53.0 Å². The molecule has 3 rings (SSSR count). The molecule has 0 atom stereocenters. The van der Waals surface area contributed by atoms with E-state index >= 15 is 0 Å². The lowest BCUT2D eigenvalue weighted by Crippen LogP contribution is -1.96. The van der Waals surface area contributed by atoms with Crippen LogP contribution in [-0.2, 0) is 6.54 Å². The fourth-order valence-electron chi connectivity index (χ4n) is 1.60. The van der Waals surface area contributed by atoms with Gasteiger partial charge in [0.25, 0.3) is 0 Å². The van der Waals surface area contributed by atoms with E-state index < -0.39 is 0 Å². The Morgan fingerprint density at radius 3 is 2.79 bits per heavy atom. The summed E-state index contributed by atoms with van der Waals surface area (Å²) in [6.45, 7) is 0.867. The van der Waals surface area contributed by atoms with E-state index in [9.17, 15) is 0 Å². The highest BCUT2D eigenvalue weighted by molar-refractivity contribution is 7.99. The van der Waals surface area contributed by atoms with Crippen LogP contribution in [0.2, 0.25) is 0 Å². The third-order valence-electron chi connectivity index (χ3n) is 2.51. The lowest BCUT2D eigenvalue weighted by Gasteiger charge is -2.05. The van der Waals surface area contributed by atoms with Gasteiger partial charge in [0, 0.05) is 22.0 Å².